The second-order valence-electron chi connectivity index (χ2n) is 7.87. The monoisotopic (exact) mass is 479 g/mol. The van der Waals surface area contributed by atoms with Gasteiger partial charge in [-0.05, 0) is 35.4 Å². The first-order valence-corrected chi connectivity index (χ1v) is 11.5. The van der Waals surface area contributed by atoms with Crippen LogP contribution in [0.2, 0.25) is 0 Å². The molecule has 1 aliphatic heterocycles. The summed E-state index contributed by atoms with van der Waals surface area (Å²) in [6.07, 6.45) is 0.651. The number of carbonyl (C=O) groups excluding carboxylic acids is 1. The Labute approximate surface area is 197 Å². The Kier molecular flexibility index (Phi) is 5.74. The molecule has 0 unspecified atom stereocenters. The van der Waals surface area contributed by atoms with Gasteiger partial charge in [-0.25, -0.2) is 0 Å². The Morgan fingerprint density at radius 3 is 1.91 bits per heavy atom. The molecule has 5 rings (SSSR count). The summed E-state index contributed by atoms with van der Waals surface area (Å²) in [7, 11) is 0. The smallest absolute Gasteiger partial charge is 0.191 e. The summed E-state index contributed by atoms with van der Waals surface area (Å²) in [6.45, 7) is 0. The number of nitrogens with zero attached hydrogens (tertiary/aromatic N) is 1. The Hall–Kier alpha value is -3.43. The maximum atomic E-state index is 13.7. The van der Waals surface area contributed by atoms with E-state index in [4.69, 9.17) is 0 Å². The molecule has 4 aromatic carbocycles. The van der Waals surface area contributed by atoms with Gasteiger partial charge in [0.15, 0.2) is 5.78 Å². The van der Waals surface area contributed by atoms with Crippen molar-refractivity contribution in [3.63, 3.8) is 0 Å². The van der Waals surface area contributed by atoms with Crippen LogP contribution in [-0.4, -0.2) is 5.78 Å². The first kappa shape index (κ1) is 20.5. The van der Waals surface area contributed by atoms with E-state index in [1.54, 1.807) is 0 Å². The van der Waals surface area contributed by atoms with Gasteiger partial charge in [-0.1, -0.05) is 107 Å². The van der Waals surface area contributed by atoms with Crippen molar-refractivity contribution in [1.82, 2.24) is 0 Å². The SMILES string of the molecule is O=C(C1=C(c2ccccc2)N(c2ccc(Br)cc2)[C@@H](c2ccccc2)C1)c1ccccc1. The molecule has 0 N–H and O–H groups in total. The van der Waals surface area contributed by atoms with Crippen molar-refractivity contribution in [3.8, 4) is 0 Å². The van der Waals surface area contributed by atoms with E-state index in [1.807, 2.05) is 54.6 Å². The van der Waals surface area contributed by atoms with E-state index in [9.17, 15) is 4.79 Å². The maximum Gasteiger partial charge on any atom is 0.191 e. The van der Waals surface area contributed by atoms with E-state index in [0.717, 1.165) is 32.6 Å². The van der Waals surface area contributed by atoms with E-state index >= 15 is 0 Å². The molecular formula is C29H22BrNO. The molecule has 0 radical (unpaired) electrons. The van der Waals surface area contributed by atoms with Gasteiger partial charge in [-0.3, -0.25) is 4.79 Å². The topological polar surface area (TPSA) is 20.3 Å². The third-order valence-corrected chi connectivity index (χ3v) is 6.41. The quantitative estimate of drug-likeness (QED) is 0.273. The Balaban J connectivity index is 1.73. The lowest BCUT2D eigenvalue weighted by molar-refractivity contribution is 0.103. The largest absolute Gasteiger partial charge is 0.333 e. The lowest BCUT2D eigenvalue weighted by Gasteiger charge is -2.30. The summed E-state index contributed by atoms with van der Waals surface area (Å²) >= 11 is 3.56. The van der Waals surface area contributed by atoms with Crippen molar-refractivity contribution < 1.29 is 4.79 Å². The third-order valence-electron chi connectivity index (χ3n) is 5.88. The van der Waals surface area contributed by atoms with Gasteiger partial charge in [0.2, 0.25) is 0 Å². The maximum absolute atomic E-state index is 13.7. The summed E-state index contributed by atoms with van der Waals surface area (Å²) in [4.78, 5) is 16.1. The van der Waals surface area contributed by atoms with Crippen LogP contribution >= 0.6 is 15.9 Å². The van der Waals surface area contributed by atoms with Crippen LogP contribution in [0.15, 0.2) is 125 Å². The van der Waals surface area contributed by atoms with Crippen molar-refractivity contribution in [1.29, 1.82) is 0 Å². The molecule has 1 aliphatic rings. The first-order chi connectivity index (χ1) is 15.7. The van der Waals surface area contributed by atoms with Crippen LogP contribution in [0.25, 0.3) is 5.70 Å². The predicted octanol–water partition coefficient (Wildman–Crippen LogP) is 7.69. The highest BCUT2D eigenvalue weighted by molar-refractivity contribution is 9.10. The molecule has 3 heteroatoms. The van der Waals surface area contributed by atoms with Crippen LogP contribution < -0.4 is 4.90 Å². The number of hydrogen-bond donors (Lipinski definition) is 0. The fourth-order valence-corrected chi connectivity index (χ4v) is 4.67. The lowest BCUT2D eigenvalue weighted by Crippen LogP contribution is -2.22. The summed E-state index contributed by atoms with van der Waals surface area (Å²) in [6, 6.07) is 38.7. The van der Waals surface area contributed by atoms with E-state index in [-0.39, 0.29) is 11.8 Å². The fourth-order valence-electron chi connectivity index (χ4n) is 4.41. The van der Waals surface area contributed by atoms with Crippen LogP contribution in [0.1, 0.15) is 33.9 Å². The summed E-state index contributed by atoms with van der Waals surface area (Å²) in [5.41, 5.74) is 5.86. The molecule has 0 bridgehead atoms. The highest BCUT2D eigenvalue weighted by Crippen LogP contribution is 2.47. The number of ketones is 1. The highest BCUT2D eigenvalue weighted by Gasteiger charge is 2.37. The molecule has 1 heterocycles. The van der Waals surface area contributed by atoms with Crippen molar-refractivity contribution in [3.05, 3.63) is 142 Å². The predicted molar refractivity (Wildman–Crippen MR) is 135 cm³/mol. The molecule has 0 fully saturated rings. The number of hydrogen-bond acceptors (Lipinski definition) is 2. The summed E-state index contributed by atoms with van der Waals surface area (Å²) in [5.74, 6) is 0.0880. The number of carbonyl (C=O) groups is 1. The van der Waals surface area contributed by atoms with Crippen LogP contribution in [-0.2, 0) is 0 Å². The molecular weight excluding hydrogens is 458 g/mol. The Morgan fingerprint density at radius 2 is 1.28 bits per heavy atom. The Morgan fingerprint density at radius 1 is 0.719 bits per heavy atom. The normalized spacial score (nSPS) is 15.8. The summed E-state index contributed by atoms with van der Waals surface area (Å²) < 4.78 is 1.03. The number of rotatable bonds is 5. The molecule has 32 heavy (non-hydrogen) atoms. The minimum atomic E-state index is 0.0373. The standard InChI is InChI=1S/C29H22BrNO/c30-24-16-18-25(19-17-24)31-27(21-10-4-1-5-11-21)20-26(28(31)22-12-6-2-7-13-22)29(32)23-14-8-3-9-15-23/h1-19,27H,20H2/t27-/m1/s1. The van der Waals surface area contributed by atoms with E-state index in [2.05, 4.69) is 81.5 Å². The van der Waals surface area contributed by atoms with Crippen LogP contribution in [0.3, 0.4) is 0 Å². The molecule has 0 aromatic heterocycles. The third kappa shape index (κ3) is 3.92. The van der Waals surface area contributed by atoms with Gasteiger partial charge in [0.05, 0.1) is 11.7 Å². The van der Waals surface area contributed by atoms with E-state index in [0.29, 0.717) is 6.42 Å². The number of Topliss-reactive ketones (excluding diaryl/α,β-unsaturated/α-hetero) is 1. The highest BCUT2D eigenvalue weighted by atomic mass is 79.9. The van der Waals surface area contributed by atoms with Gasteiger partial charge in [0.1, 0.15) is 0 Å². The van der Waals surface area contributed by atoms with Crippen molar-refractivity contribution >= 4 is 33.1 Å². The van der Waals surface area contributed by atoms with Crippen molar-refractivity contribution in [2.75, 3.05) is 4.90 Å². The first-order valence-electron chi connectivity index (χ1n) is 10.7. The molecule has 0 amide bonds. The number of benzene rings is 4. The van der Waals surface area contributed by atoms with Gasteiger partial charge in [-0.15, -0.1) is 0 Å². The molecule has 156 valence electrons. The van der Waals surface area contributed by atoms with E-state index < -0.39 is 0 Å². The van der Waals surface area contributed by atoms with Gasteiger partial charge in [-0.2, -0.15) is 0 Å². The summed E-state index contributed by atoms with van der Waals surface area (Å²) in [5, 5.41) is 0. The molecule has 1 atom stereocenters. The van der Waals surface area contributed by atoms with Gasteiger partial charge in [0.25, 0.3) is 0 Å². The van der Waals surface area contributed by atoms with Gasteiger partial charge >= 0.3 is 0 Å². The van der Waals surface area contributed by atoms with Crippen LogP contribution in [0, 0.1) is 0 Å². The van der Waals surface area contributed by atoms with Crippen LogP contribution in [0.4, 0.5) is 5.69 Å². The zero-order valence-electron chi connectivity index (χ0n) is 17.5. The van der Waals surface area contributed by atoms with Crippen LogP contribution in [0.5, 0.6) is 0 Å². The van der Waals surface area contributed by atoms with Crippen molar-refractivity contribution in [2.24, 2.45) is 0 Å². The van der Waals surface area contributed by atoms with Crippen molar-refractivity contribution in [2.45, 2.75) is 12.5 Å². The zero-order valence-corrected chi connectivity index (χ0v) is 19.1. The van der Waals surface area contributed by atoms with E-state index in [1.165, 1.54) is 5.56 Å². The van der Waals surface area contributed by atoms with Gasteiger partial charge < -0.3 is 4.90 Å². The second-order valence-corrected chi connectivity index (χ2v) is 8.78. The molecule has 0 aliphatic carbocycles. The van der Waals surface area contributed by atoms with Gasteiger partial charge in [0, 0.05) is 27.7 Å². The molecule has 0 spiro atoms. The number of halogens is 1. The second kappa shape index (κ2) is 8.97. The average molecular weight is 480 g/mol. The number of anilines is 1. The molecule has 0 saturated heterocycles. The lowest BCUT2D eigenvalue weighted by atomic mass is 9.95. The fraction of sp³-hybridized carbons (Fsp3) is 0.0690. The average Bonchev–Trinajstić information content (AvgIpc) is 3.26. The minimum absolute atomic E-state index is 0.0373. The molecule has 0 saturated carbocycles. The Bertz CT molecular complexity index is 1250. The molecule has 2 nitrogen and oxygen atoms in total. The molecule has 4 aromatic rings. The zero-order chi connectivity index (χ0) is 21.9. The minimum Gasteiger partial charge on any atom is -0.333 e.